The summed E-state index contributed by atoms with van der Waals surface area (Å²) in [5, 5.41) is 11.5. The van der Waals surface area contributed by atoms with Crippen LogP contribution in [0.15, 0.2) is 22.5 Å². The summed E-state index contributed by atoms with van der Waals surface area (Å²) in [6.07, 6.45) is 1.65. The Morgan fingerprint density at radius 1 is 1.55 bits per heavy atom. The molecule has 0 fully saturated rings. The zero-order valence-electron chi connectivity index (χ0n) is 10.6. The predicted octanol–water partition coefficient (Wildman–Crippen LogP) is 0.999. The van der Waals surface area contributed by atoms with Crippen molar-refractivity contribution in [1.82, 2.24) is 14.7 Å². The van der Waals surface area contributed by atoms with Crippen LogP contribution < -0.4 is 4.72 Å². The average Bonchev–Trinajstić information content (AvgIpc) is 2.98. The molecule has 9 heteroatoms. The number of carbonyl (C=O) groups is 1. The molecule has 2 heterocycles. The number of aryl methyl sites for hydroxylation is 1. The summed E-state index contributed by atoms with van der Waals surface area (Å²) in [5.74, 6) is -1.20. The van der Waals surface area contributed by atoms with Crippen LogP contribution in [0.1, 0.15) is 21.2 Å². The van der Waals surface area contributed by atoms with E-state index in [1.807, 2.05) is 12.3 Å². The lowest BCUT2D eigenvalue weighted by atomic mass is 10.4. The van der Waals surface area contributed by atoms with Crippen LogP contribution in [0.4, 0.5) is 0 Å². The largest absolute Gasteiger partial charge is 0.477 e. The predicted molar refractivity (Wildman–Crippen MR) is 73.5 cm³/mol. The van der Waals surface area contributed by atoms with Crippen LogP contribution in [0.2, 0.25) is 0 Å². The number of rotatable bonds is 6. The van der Waals surface area contributed by atoms with Crippen molar-refractivity contribution in [3.05, 3.63) is 34.0 Å². The van der Waals surface area contributed by atoms with Crippen LogP contribution in [0.25, 0.3) is 0 Å². The Morgan fingerprint density at radius 2 is 2.30 bits per heavy atom. The molecule has 0 aliphatic rings. The van der Waals surface area contributed by atoms with Gasteiger partial charge >= 0.3 is 5.97 Å². The molecule has 2 aromatic rings. The Morgan fingerprint density at radius 3 is 2.85 bits per heavy atom. The number of sulfonamides is 1. The fourth-order valence-electron chi connectivity index (χ4n) is 1.55. The molecule has 0 aliphatic carbocycles. The number of aromatic amines is 1. The van der Waals surface area contributed by atoms with Crippen molar-refractivity contribution in [3.8, 4) is 0 Å². The number of aromatic nitrogens is 2. The summed E-state index contributed by atoms with van der Waals surface area (Å²) < 4.78 is 26.3. The van der Waals surface area contributed by atoms with Gasteiger partial charge in [0, 0.05) is 30.2 Å². The van der Waals surface area contributed by atoms with Gasteiger partial charge in [-0.15, -0.1) is 11.3 Å². The Labute approximate surface area is 119 Å². The Kier molecular flexibility index (Phi) is 4.21. The first-order chi connectivity index (χ1) is 9.38. The van der Waals surface area contributed by atoms with E-state index in [1.165, 1.54) is 11.3 Å². The lowest BCUT2D eigenvalue weighted by Gasteiger charge is -2.03. The van der Waals surface area contributed by atoms with Crippen molar-refractivity contribution in [2.75, 3.05) is 6.54 Å². The molecule has 3 N–H and O–H groups in total. The van der Waals surface area contributed by atoms with Gasteiger partial charge in [0.15, 0.2) is 0 Å². The zero-order valence-corrected chi connectivity index (χ0v) is 12.2. The summed E-state index contributed by atoms with van der Waals surface area (Å²) in [6, 6.07) is 1.08. The van der Waals surface area contributed by atoms with Crippen LogP contribution in [-0.4, -0.2) is 36.0 Å². The van der Waals surface area contributed by atoms with Gasteiger partial charge in [0.25, 0.3) is 0 Å². The minimum absolute atomic E-state index is 0.0924. The van der Waals surface area contributed by atoms with E-state index in [4.69, 9.17) is 5.11 Å². The van der Waals surface area contributed by atoms with Crippen molar-refractivity contribution in [3.63, 3.8) is 0 Å². The molecular weight excluding hydrogens is 302 g/mol. The molecule has 0 aliphatic heterocycles. The Hall–Kier alpha value is -1.71. The Bertz CT molecular complexity index is 718. The quantitative estimate of drug-likeness (QED) is 0.736. The first kappa shape index (κ1) is 14.7. The standard InChI is InChI=1S/C11H13N3O4S2/c1-7-6-19-10(14-7)2-3-13-20(17,18)8-4-9(11(15)16)12-5-8/h4-6,12-13H,2-3H2,1H3,(H,15,16). The topological polar surface area (TPSA) is 112 Å². The SMILES string of the molecule is Cc1csc(CCNS(=O)(=O)c2c[nH]c(C(=O)O)c2)n1. The number of carboxylic acid groups (broad SMARTS) is 1. The highest BCUT2D eigenvalue weighted by Crippen LogP contribution is 2.12. The molecule has 0 unspecified atom stereocenters. The maximum absolute atomic E-state index is 11.9. The number of carboxylic acids is 1. The van der Waals surface area contributed by atoms with Gasteiger partial charge in [-0.05, 0) is 13.0 Å². The smallest absolute Gasteiger partial charge is 0.352 e. The summed E-state index contributed by atoms with van der Waals surface area (Å²) in [4.78, 5) is 17.2. The van der Waals surface area contributed by atoms with Crippen LogP contribution in [0.3, 0.4) is 0 Å². The molecule has 0 saturated carbocycles. The van der Waals surface area contributed by atoms with E-state index in [9.17, 15) is 13.2 Å². The minimum Gasteiger partial charge on any atom is -0.477 e. The number of H-pyrrole nitrogens is 1. The molecule has 0 spiro atoms. The van der Waals surface area contributed by atoms with E-state index in [-0.39, 0.29) is 17.1 Å². The second-order valence-electron chi connectivity index (χ2n) is 4.08. The van der Waals surface area contributed by atoms with Crippen LogP contribution >= 0.6 is 11.3 Å². The van der Waals surface area contributed by atoms with E-state index < -0.39 is 16.0 Å². The molecule has 7 nitrogen and oxygen atoms in total. The lowest BCUT2D eigenvalue weighted by molar-refractivity contribution is 0.0691. The van der Waals surface area contributed by atoms with Gasteiger partial charge in [-0.2, -0.15) is 0 Å². The van der Waals surface area contributed by atoms with Gasteiger partial charge in [0.1, 0.15) is 10.6 Å². The number of thiazole rings is 1. The number of hydrogen-bond donors (Lipinski definition) is 3. The molecule has 0 saturated heterocycles. The molecule has 0 aromatic carbocycles. The lowest BCUT2D eigenvalue weighted by Crippen LogP contribution is -2.25. The molecule has 0 atom stereocenters. The van der Waals surface area contributed by atoms with Gasteiger partial charge in [0.05, 0.1) is 5.01 Å². The van der Waals surface area contributed by atoms with Crippen molar-refractivity contribution in [1.29, 1.82) is 0 Å². The van der Waals surface area contributed by atoms with Gasteiger partial charge in [0.2, 0.25) is 10.0 Å². The molecule has 0 bridgehead atoms. The minimum atomic E-state index is -3.70. The molecule has 0 amide bonds. The van der Waals surface area contributed by atoms with Crippen molar-refractivity contribution < 1.29 is 18.3 Å². The first-order valence-electron chi connectivity index (χ1n) is 5.71. The summed E-state index contributed by atoms with van der Waals surface area (Å²) in [5.41, 5.74) is 0.741. The van der Waals surface area contributed by atoms with Crippen molar-refractivity contribution >= 4 is 27.3 Å². The highest BCUT2D eigenvalue weighted by Gasteiger charge is 2.17. The maximum atomic E-state index is 11.9. The fourth-order valence-corrected chi connectivity index (χ4v) is 3.35. The first-order valence-corrected chi connectivity index (χ1v) is 8.07. The number of aromatic carboxylic acids is 1. The third-order valence-electron chi connectivity index (χ3n) is 2.49. The van der Waals surface area contributed by atoms with Crippen LogP contribution in [0, 0.1) is 6.92 Å². The second kappa shape index (κ2) is 5.73. The van der Waals surface area contributed by atoms with Crippen LogP contribution in [-0.2, 0) is 16.4 Å². The molecule has 108 valence electrons. The normalized spacial score (nSPS) is 11.7. The third kappa shape index (κ3) is 3.44. The maximum Gasteiger partial charge on any atom is 0.352 e. The van der Waals surface area contributed by atoms with Gasteiger partial charge in [-0.1, -0.05) is 0 Å². The highest BCUT2D eigenvalue weighted by atomic mass is 32.2. The van der Waals surface area contributed by atoms with E-state index >= 15 is 0 Å². The summed E-state index contributed by atoms with van der Waals surface area (Å²) in [7, 11) is -3.70. The van der Waals surface area contributed by atoms with Gasteiger partial charge in [-0.25, -0.2) is 22.9 Å². The summed E-state index contributed by atoms with van der Waals surface area (Å²) >= 11 is 1.47. The molecular formula is C11H13N3O4S2. The van der Waals surface area contributed by atoms with Crippen molar-refractivity contribution in [2.45, 2.75) is 18.2 Å². The number of nitrogens with one attached hydrogen (secondary N) is 2. The molecule has 20 heavy (non-hydrogen) atoms. The van der Waals surface area contributed by atoms with E-state index in [2.05, 4.69) is 14.7 Å². The van der Waals surface area contributed by atoms with Crippen molar-refractivity contribution in [2.24, 2.45) is 0 Å². The average molecular weight is 315 g/mol. The fraction of sp³-hybridized carbons (Fsp3) is 0.273. The highest BCUT2D eigenvalue weighted by molar-refractivity contribution is 7.89. The van der Waals surface area contributed by atoms with Gasteiger partial charge < -0.3 is 10.1 Å². The van der Waals surface area contributed by atoms with E-state index in [0.717, 1.165) is 23.0 Å². The third-order valence-corrected chi connectivity index (χ3v) is 4.96. The number of hydrogen-bond acceptors (Lipinski definition) is 5. The van der Waals surface area contributed by atoms with Gasteiger partial charge in [-0.3, -0.25) is 0 Å². The van der Waals surface area contributed by atoms with E-state index in [0.29, 0.717) is 6.42 Å². The monoisotopic (exact) mass is 315 g/mol. The molecule has 2 aromatic heterocycles. The second-order valence-corrected chi connectivity index (χ2v) is 6.79. The molecule has 2 rings (SSSR count). The number of nitrogens with zero attached hydrogens (tertiary/aromatic N) is 1. The molecule has 0 radical (unpaired) electrons. The Balaban J connectivity index is 1.98. The van der Waals surface area contributed by atoms with E-state index in [1.54, 1.807) is 0 Å². The summed E-state index contributed by atoms with van der Waals surface area (Å²) in [6.45, 7) is 2.08. The van der Waals surface area contributed by atoms with Crippen LogP contribution in [0.5, 0.6) is 0 Å². The zero-order chi connectivity index (χ0) is 14.8.